The maximum atomic E-state index is 13.0. The SMILES string of the molecule is CC(=O)NC(CSc1cccc(Br)c1)C(=O)N(CCO)Cc1ccccc1. The van der Waals surface area contributed by atoms with E-state index in [1.54, 1.807) is 4.90 Å². The van der Waals surface area contributed by atoms with Gasteiger partial charge in [0, 0.05) is 35.1 Å². The Bertz CT molecular complexity index is 758. The molecule has 0 aromatic heterocycles. The van der Waals surface area contributed by atoms with Crippen LogP contribution in [-0.4, -0.2) is 46.8 Å². The van der Waals surface area contributed by atoms with Crippen molar-refractivity contribution in [3.8, 4) is 0 Å². The predicted molar refractivity (Wildman–Crippen MR) is 111 cm³/mol. The Labute approximate surface area is 172 Å². The molecule has 0 saturated heterocycles. The molecule has 0 fully saturated rings. The fourth-order valence-electron chi connectivity index (χ4n) is 2.57. The topological polar surface area (TPSA) is 69.6 Å². The molecule has 0 aliphatic heterocycles. The van der Waals surface area contributed by atoms with Gasteiger partial charge in [-0.05, 0) is 23.8 Å². The second-order valence-electron chi connectivity index (χ2n) is 5.99. The van der Waals surface area contributed by atoms with Crippen LogP contribution in [0.4, 0.5) is 0 Å². The van der Waals surface area contributed by atoms with E-state index in [4.69, 9.17) is 0 Å². The number of aliphatic hydroxyl groups excluding tert-OH is 1. The first-order valence-corrected chi connectivity index (χ1v) is 10.4. The van der Waals surface area contributed by atoms with Crippen LogP contribution in [0.3, 0.4) is 0 Å². The Kier molecular flexibility index (Phi) is 8.84. The lowest BCUT2D eigenvalue weighted by Gasteiger charge is -2.27. The highest BCUT2D eigenvalue weighted by atomic mass is 79.9. The number of thioether (sulfide) groups is 1. The molecule has 1 atom stereocenters. The van der Waals surface area contributed by atoms with Crippen molar-refractivity contribution in [2.45, 2.75) is 24.4 Å². The number of carbonyl (C=O) groups is 2. The van der Waals surface area contributed by atoms with Gasteiger partial charge in [0.15, 0.2) is 0 Å². The number of nitrogens with one attached hydrogen (secondary N) is 1. The summed E-state index contributed by atoms with van der Waals surface area (Å²) in [5.41, 5.74) is 0.973. The number of aliphatic hydroxyl groups is 1. The lowest BCUT2D eigenvalue weighted by molar-refractivity contribution is -0.136. The van der Waals surface area contributed by atoms with E-state index in [0.717, 1.165) is 14.9 Å². The Balaban J connectivity index is 2.11. The second kappa shape index (κ2) is 11.1. The highest BCUT2D eigenvalue weighted by molar-refractivity contribution is 9.10. The van der Waals surface area contributed by atoms with E-state index in [1.165, 1.54) is 18.7 Å². The van der Waals surface area contributed by atoms with Crippen LogP contribution < -0.4 is 5.32 Å². The number of carbonyl (C=O) groups excluding carboxylic acids is 2. The number of halogens is 1. The van der Waals surface area contributed by atoms with Gasteiger partial charge in [-0.2, -0.15) is 0 Å². The van der Waals surface area contributed by atoms with Gasteiger partial charge in [0.1, 0.15) is 6.04 Å². The van der Waals surface area contributed by atoms with Gasteiger partial charge in [0.25, 0.3) is 0 Å². The first-order chi connectivity index (χ1) is 13.0. The normalized spacial score (nSPS) is 11.7. The molecule has 2 aromatic carbocycles. The Morgan fingerprint density at radius 1 is 1.19 bits per heavy atom. The van der Waals surface area contributed by atoms with Gasteiger partial charge in [-0.15, -0.1) is 11.8 Å². The third-order valence-corrected chi connectivity index (χ3v) is 5.37. The molecular weight excluding hydrogens is 428 g/mol. The van der Waals surface area contributed by atoms with Gasteiger partial charge in [-0.1, -0.05) is 52.3 Å². The van der Waals surface area contributed by atoms with Crippen molar-refractivity contribution < 1.29 is 14.7 Å². The van der Waals surface area contributed by atoms with Crippen LogP contribution in [0.2, 0.25) is 0 Å². The fourth-order valence-corrected chi connectivity index (χ4v) is 4.09. The number of amides is 2. The molecule has 0 radical (unpaired) electrons. The van der Waals surface area contributed by atoms with E-state index in [0.29, 0.717) is 12.3 Å². The largest absolute Gasteiger partial charge is 0.395 e. The first kappa shape index (κ1) is 21.5. The van der Waals surface area contributed by atoms with Gasteiger partial charge >= 0.3 is 0 Å². The summed E-state index contributed by atoms with van der Waals surface area (Å²) in [6.07, 6.45) is 0. The molecular formula is C20H23BrN2O3S. The van der Waals surface area contributed by atoms with Crippen molar-refractivity contribution in [3.05, 3.63) is 64.6 Å². The van der Waals surface area contributed by atoms with Gasteiger partial charge in [0.2, 0.25) is 11.8 Å². The van der Waals surface area contributed by atoms with Crippen molar-refractivity contribution in [1.29, 1.82) is 0 Å². The second-order valence-corrected chi connectivity index (χ2v) is 8.00. The fraction of sp³-hybridized carbons (Fsp3) is 0.300. The van der Waals surface area contributed by atoms with Crippen LogP contribution in [0.5, 0.6) is 0 Å². The number of hydrogen-bond acceptors (Lipinski definition) is 4. The van der Waals surface area contributed by atoms with Crippen LogP contribution in [0.15, 0.2) is 64.0 Å². The van der Waals surface area contributed by atoms with Crippen LogP contribution in [0.1, 0.15) is 12.5 Å². The summed E-state index contributed by atoms with van der Waals surface area (Å²) in [6.45, 7) is 1.87. The maximum Gasteiger partial charge on any atom is 0.246 e. The van der Waals surface area contributed by atoms with E-state index < -0.39 is 6.04 Å². The summed E-state index contributed by atoms with van der Waals surface area (Å²) in [5.74, 6) is -0.0524. The maximum absolute atomic E-state index is 13.0. The summed E-state index contributed by atoms with van der Waals surface area (Å²) in [4.78, 5) is 27.2. The van der Waals surface area contributed by atoms with E-state index in [1.807, 2.05) is 54.6 Å². The molecule has 2 amide bonds. The summed E-state index contributed by atoms with van der Waals surface area (Å²) in [6, 6.07) is 16.7. The number of nitrogens with zero attached hydrogens (tertiary/aromatic N) is 1. The number of hydrogen-bond donors (Lipinski definition) is 2. The highest BCUT2D eigenvalue weighted by Gasteiger charge is 2.25. The van der Waals surface area contributed by atoms with Crippen LogP contribution in [0.25, 0.3) is 0 Å². The molecule has 2 aromatic rings. The summed E-state index contributed by atoms with van der Waals surface area (Å²) >= 11 is 4.93. The van der Waals surface area contributed by atoms with Crippen LogP contribution in [0, 0.1) is 0 Å². The van der Waals surface area contributed by atoms with Gasteiger partial charge in [-0.25, -0.2) is 0 Å². The minimum Gasteiger partial charge on any atom is -0.395 e. The summed E-state index contributed by atoms with van der Waals surface area (Å²) in [5, 5.41) is 12.1. The molecule has 0 aliphatic carbocycles. The van der Waals surface area contributed by atoms with Crippen molar-refractivity contribution in [3.63, 3.8) is 0 Å². The molecule has 0 spiro atoms. The lowest BCUT2D eigenvalue weighted by atomic mass is 10.2. The predicted octanol–water partition coefficient (Wildman–Crippen LogP) is 3.07. The zero-order chi connectivity index (χ0) is 19.6. The molecule has 1 unspecified atom stereocenters. The summed E-state index contributed by atoms with van der Waals surface area (Å²) in [7, 11) is 0. The van der Waals surface area contributed by atoms with E-state index in [9.17, 15) is 14.7 Å². The zero-order valence-corrected chi connectivity index (χ0v) is 17.5. The minimum absolute atomic E-state index is 0.135. The van der Waals surface area contributed by atoms with Crippen molar-refractivity contribution in [2.75, 3.05) is 18.9 Å². The number of benzene rings is 2. The highest BCUT2D eigenvalue weighted by Crippen LogP contribution is 2.23. The van der Waals surface area contributed by atoms with Crippen LogP contribution >= 0.6 is 27.7 Å². The van der Waals surface area contributed by atoms with Crippen molar-refractivity contribution >= 4 is 39.5 Å². The molecule has 0 aliphatic rings. The molecule has 0 heterocycles. The third kappa shape index (κ3) is 7.36. The van der Waals surface area contributed by atoms with Crippen molar-refractivity contribution in [2.24, 2.45) is 0 Å². The standard InChI is InChI=1S/C20H23BrN2O3S/c1-15(25)22-19(14-27-18-9-5-8-17(21)12-18)20(26)23(10-11-24)13-16-6-3-2-4-7-16/h2-9,12,19,24H,10-11,13-14H2,1H3,(H,22,25). The molecule has 2 N–H and O–H groups in total. The van der Waals surface area contributed by atoms with E-state index in [-0.39, 0.29) is 25.0 Å². The average molecular weight is 451 g/mol. The number of rotatable bonds is 9. The van der Waals surface area contributed by atoms with E-state index in [2.05, 4.69) is 21.2 Å². The molecule has 0 bridgehead atoms. The average Bonchev–Trinajstić information content (AvgIpc) is 2.65. The minimum atomic E-state index is -0.665. The van der Waals surface area contributed by atoms with Gasteiger partial charge < -0.3 is 15.3 Å². The molecule has 144 valence electrons. The molecule has 0 saturated carbocycles. The lowest BCUT2D eigenvalue weighted by Crippen LogP contribution is -2.49. The monoisotopic (exact) mass is 450 g/mol. The summed E-state index contributed by atoms with van der Waals surface area (Å²) < 4.78 is 0.959. The van der Waals surface area contributed by atoms with Gasteiger partial charge in [-0.3, -0.25) is 9.59 Å². The van der Waals surface area contributed by atoms with Gasteiger partial charge in [0.05, 0.1) is 6.61 Å². The van der Waals surface area contributed by atoms with E-state index >= 15 is 0 Å². The van der Waals surface area contributed by atoms with Crippen LogP contribution in [-0.2, 0) is 16.1 Å². The smallest absolute Gasteiger partial charge is 0.246 e. The molecule has 27 heavy (non-hydrogen) atoms. The first-order valence-electron chi connectivity index (χ1n) is 8.58. The Hall–Kier alpha value is -1.83. The Morgan fingerprint density at radius 3 is 2.56 bits per heavy atom. The molecule has 7 heteroatoms. The quantitative estimate of drug-likeness (QED) is 0.575. The zero-order valence-electron chi connectivity index (χ0n) is 15.1. The molecule has 5 nitrogen and oxygen atoms in total. The van der Waals surface area contributed by atoms with Crippen molar-refractivity contribution in [1.82, 2.24) is 10.2 Å². The third-order valence-electron chi connectivity index (χ3n) is 3.79. The Morgan fingerprint density at radius 2 is 1.93 bits per heavy atom. The molecule has 2 rings (SSSR count).